The largest absolute Gasteiger partial charge is 0.412 e. The predicted molar refractivity (Wildman–Crippen MR) is 173 cm³/mol. The Kier molecular flexibility index (Phi) is 25.2. The molecule has 2 aliphatic rings. The SMILES string of the molecule is CCCCCCCCCN1C[C@@H](O)[C@@H](O)C(O)[C@H](O)[C@@H](O)C1.CCCCCCCCCN1C[C@@H](O)[C@@H](O)C(O)[C@H](O)[C@@H](O)C1.O. The van der Waals surface area contributed by atoms with E-state index in [0.29, 0.717) is 13.1 Å². The van der Waals surface area contributed by atoms with Crippen LogP contribution in [-0.2, 0) is 0 Å². The van der Waals surface area contributed by atoms with Gasteiger partial charge in [0, 0.05) is 26.2 Å². The van der Waals surface area contributed by atoms with Gasteiger partial charge in [0.15, 0.2) is 0 Å². The fourth-order valence-electron chi connectivity index (χ4n) is 5.90. The van der Waals surface area contributed by atoms with Crippen molar-refractivity contribution in [1.82, 2.24) is 9.80 Å². The average Bonchev–Trinajstić information content (AvgIpc) is 3.00. The number of likely N-dealkylation sites (tertiary alicyclic amines) is 2. The summed E-state index contributed by atoms with van der Waals surface area (Å²) in [5.41, 5.74) is 0. The van der Waals surface area contributed by atoms with Gasteiger partial charge in [0.2, 0.25) is 0 Å². The minimum Gasteiger partial charge on any atom is -0.412 e. The molecule has 0 saturated carbocycles. The van der Waals surface area contributed by atoms with Gasteiger partial charge in [-0.15, -0.1) is 0 Å². The molecule has 0 aromatic carbocycles. The molecule has 45 heavy (non-hydrogen) atoms. The van der Waals surface area contributed by atoms with Crippen LogP contribution in [0.4, 0.5) is 0 Å². The third-order valence-corrected chi connectivity index (χ3v) is 8.91. The lowest BCUT2D eigenvalue weighted by Gasteiger charge is -2.37. The van der Waals surface area contributed by atoms with Crippen LogP contribution < -0.4 is 0 Å². The number of rotatable bonds is 16. The molecule has 2 heterocycles. The van der Waals surface area contributed by atoms with E-state index >= 15 is 0 Å². The van der Waals surface area contributed by atoms with Crippen molar-refractivity contribution in [3.8, 4) is 0 Å². The highest BCUT2D eigenvalue weighted by atomic mass is 16.4. The summed E-state index contributed by atoms with van der Waals surface area (Å²) in [6.45, 7) is 6.57. The standard InChI is InChI=1S/2C16H33NO5.H2O/c2*1-2-3-4-5-6-7-8-9-17-10-12(18)14(20)16(22)15(21)13(19)11-17;/h2*12-16,18-22H,2-11H2,1H3;1H2/t2*12-,13+,14-,15-,16?;/m11./s1. The smallest absolute Gasteiger partial charge is 0.111 e. The molecule has 0 amide bonds. The fraction of sp³-hybridized carbons (Fsp3) is 1.00. The number of β-amino-alcohol motifs (C(OH)–C–C–N with tert-alkyl or cyclic N) is 4. The van der Waals surface area contributed by atoms with Crippen molar-refractivity contribution < 1.29 is 56.5 Å². The second-order valence-electron chi connectivity index (χ2n) is 13.0. The lowest BCUT2D eigenvalue weighted by molar-refractivity contribution is -0.155. The van der Waals surface area contributed by atoms with E-state index in [1.165, 1.54) is 64.2 Å². The van der Waals surface area contributed by atoms with Crippen molar-refractivity contribution >= 4 is 0 Å². The maximum Gasteiger partial charge on any atom is 0.111 e. The van der Waals surface area contributed by atoms with Gasteiger partial charge in [-0.25, -0.2) is 0 Å². The van der Waals surface area contributed by atoms with Crippen LogP contribution in [0, 0.1) is 0 Å². The van der Waals surface area contributed by atoms with Crippen LogP contribution in [0.3, 0.4) is 0 Å². The van der Waals surface area contributed by atoms with Crippen LogP contribution in [0.1, 0.15) is 104 Å². The third-order valence-electron chi connectivity index (χ3n) is 8.91. The summed E-state index contributed by atoms with van der Waals surface area (Å²) in [5, 5.41) is 97.9. The lowest BCUT2D eigenvalue weighted by atomic mass is 9.96. The van der Waals surface area contributed by atoms with Gasteiger partial charge in [0.25, 0.3) is 0 Å². The Morgan fingerprint density at radius 2 is 0.578 bits per heavy atom. The van der Waals surface area contributed by atoms with Crippen molar-refractivity contribution in [2.45, 2.75) is 165 Å². The molecule has 2 unspecified atom stereocenters. The van der Waals surface area contributed by atoms with Crippen LogP contribution in [0.15, 0.2) is 0 Å². The summed E-state index contributed by atoms with van der Waals surface area (Å²) in [6.07, 6.45) is 3.22. The Bertz CT molecular complexity index is 606. The molecule has 2 aliphatic heterocycles. The van der Waals surface area contributed by atoms with E-state index in [1.54, 1.807) is 0 Å². The summed E-state index contributed by atoms with van der Waals surface area (Å²) >= 11 is 0. The van der Waals surface area contributed by atoms with E-state index in [-0.39, 0.29) is 31.7 Å². The maximum atomic E-state index is 9.88. The van der Waals surface area contributed by atoms with E-state index in [9.17, 15) is 51.1 Å². The van der Waals surface area contributed by atoms with E-state index in [4.69, 9.17) is 0 Å². The molecule has 0 spiro atoms. The highest BCUT2D eigenvalue weighted by molar-refractivity contribution is 4.91. The first-order valence-electron chi connectivity index (χ1n) is 17.2. The number of nitrogens with zero attached hydrogens (tertiary/aromatic N) is 2. The normalized spacial score (nSPS) is 33.6. The van der Waals surface area contributed by atoms with Crippen molar-refractivity contribution in [1.29, 1.82) is 0 Å². The molecule has 10 atom stereocenters. The number of aliphatic hydroxyl groups is 10. The van der Waals surface area contributed by atoms with Crippen LogP contribution in [0.25, 0.3) is 0 Å². The molecular formula is C32H68N2O11. The zero-order chi connectivity index (χ0) is 33.1. The number of hydrogen-bond acceptors (Lipinski definition) is 12. The molecular weight excluding hydrogens is 588 g/mol. The van der Waals surface area contributed by atoms with Gasteiger partial charge in [0.05, 0.1) is 24.4 Å². The predicted octanol–water partition coefficient (Wildman–Crippen LogP) is -1.11. The molecule has 0 radical (unpaired) electrons. The van der Waals surface area contributed by atoms with Gasteiger partial charge in [-0.1, -0.05) is 90.9 Å². The van der Waals surface area contributed by atoms with Crippen LogP contribution >= 0.6 is 0 Å². The Morgan fingerprint density at radius 3 is 0.822 bits per heavy atom. The zero-order valence-corrected chi connectivity index (χ0v) is 27.8. The Labute approximate surface area is 270 Å². The molecule has 0 bridgehead atoms. The number of unbranched alkanes of at least 4 members (excludes halogenated alkanes) is 12. The Morgan fingerprint density at radius 1 is 0.356 bits per heavy atom. The quantitative estimate of drug-likeness (QED) is 0.0890. The molecule has 2 saturated heterocycles. The topological polar surface area (TPSA) is 240 Å². The summed E-state index contributed by atoms with van der Waals surface area (Å²) in [5.74, 6) is 0. The first kappa shape index (κ1) is 44.5. The highest BCUT2D eigenvalue weighted by Gasteiger charge is 2.39. The van der Waals surface area contributed by atoms with Crippen molar-refractivity contribution in [2.24, 2.45) is 0 Å². The van der Waals surface area contributed by atoms with E-state index in [1.807, 2.05) is 9.80 Å². The van der Waals surface area contributed by atoms with Crippen molar-refractivity contribution in [3.63, 3.8) is 0 Å². The van der Waals surface area contributed by atoms with Crippen molar-refractivity contribution in [3.05, 3.63) is 0 Å². The van der Waals surface area contributed by atoms with Crippen molar-refractivity contribution in [2.75, 3.05) is 39.3 Å². The summed E-state index contributed by atoms with van der Waals surface area (Å²) in [4.78, 5) is 3.69. The lowest BCUT2D eigenvalue weighted by Crippen LogP contribution is -2.57. The van der Waals surface area contributed by atoms with E-state index in [2.05, 4.69) is 13.8 Å². The van der Waals surface area contributed by atoms with Gasteiger partial charge in [-0.3, -0.25) is 9.80 Å². The first-order valence-corrected chi connectivity index (χ1v) is 17.2. The average molecular weight is 657 g/mol. The van der Waals surface area contributed by atoms with E-state index < -0.39 is 61.0 Å². The molecule has 0 aliphatic carbocycles. The van der Waals surface area contributed by atoms with Gasteiger partial charge in [-0.05, 0) is 25.9 Å². The summed E-state index contributed by atoms with van der Waals surface area (Å²) in [6, 6.07) is 0. The van der Waals surface area contributed by atoms with Gasteiger partial charge in [-0.2, -0.15) is 0 Å². The van der Waals surface area contributed by atoms with Crippen LogP contribution in [-0.4, -0.2) is 167 Å². The first-order chi connectivity index (χ1) is 20.9. The minimum atomic E-state index is -1.52. The molecule has 2 fully saturated rings. The third kappa shape index (κ3) is 17.4. The molecule has 0 aromatic heterocycles. The van der Waals surface area contributed by atoms with Crippen LogP contribution in [0.5, 0.6) is 0 Å². The zero-order valence-electron chi connectivity index (χ0n) is 27.8. The van der Waals surface area contributed by atoms with Gasteiger partial charge >= 0.3 is 0 Å². The van der Waals surface area contributed by atoms with E-state index in [0.717, 1.165) is 25.7 Å². The second kappa shape index (κ2) is 25.5. The number of hydrogen-bond donors (Lipinski definition) is 10. The molecule has 12 N–H and O–H groups in total. The van der Waals surface area contributed by atoms with Crippen LogP contribution in [0.2, 0.25) is 0 Å². The monoisotopic (exact) mass is 656 g/mol. The molecule has 272 valence electrons. The van der Waals surface area contributed by atoms with Gasteiger partial charge in [0.1, 0.15) is 36.6 Å². The maximum absolute atomic E-state index is 9.88. The summed E-state index contributed by atoms with van der Waals surface area (Å²) < 4.78 is 0. The molecule has 2 rings (SSSR count). The molecule has 0 aromatic rings. The Hall–Kier alpha value is -0.520. The second-order valence-corrected chi connectivity index (χ2v) is 13.0. The molecule has 13 nitrogen and oxygen atoms in total. The number of aliphatic hydroxyl groups excluding tert-OH is 10. The fourth-order valence-corrected chi connectivity index (χ4v) is 5.90. The minimum absolute atomic E-state index is 0. The van der Waals surface area contributed by atoms with Gasteiger partial charge < -0.3 is 56.5 Å². The highest BCUT2D eigenvalue weighted by Crippen LogP contribution is 2.17. The summed E-state index contributed by atoms with van der Waals surface area (Å²) in [7, 11) is 0. The Balaban J connectivity index is 0.000000842. The molecule has 13 heteroatoms.